The molecule has 2 atom stereocenters. The van der Waals surface area contributed by atoms with Gasteiger partial charge >= 0.3 is 5.97 Å². The molecule has 7 rings (SSSR count). The van der Waals surface area contributed by atoms with E-state index in [1.165, 1.54) is 12.1 Å². The van der Waals surface area contributed by atoms with Crippen LogP contribution in [0.1, 0.15) is 69.8 Å². The molecule has 0 spiro atoms. The summed E-state index contributed by atoms with van der Waals surface area (Å²) in [4.78, 5) is 32.4. The number of piperidine rings is 1. The van der Waals surface area contributed by atoms with Gasteiger partial charge in [-0.15, -0.1) is 0 Å². The summed E-state index contributed by atoms with van der Waals surface area (Å²) >= 11 is 5.96. The first-order chi connectivity index (χ1) is 20.7. The highest BCUT2D eigenvalue weighted by Gasteiger charge is 2.48. The van der Waals surface area contributed by atoms with Crippen LogP contribution in [0.2, 0.25) is 5.02 Å². The molecule has 0 amide bonds. The number of nitrogens with zero attached hydrogens (tertiary/aromatic N) is 3. The Kier molecular flexibility index (Phi) is 6.99. The van der Waals surface area contributed by atoms with E-state index in [9.17, 15) is 19.1 Å². The number of rotatable bonds is 7. The van der Waals surface area contributed by atoms with Crippen LogP contribution in [0.4, 0.5) is 4.39 Å². The maximum Gasteiger partial charge on any atom is 0.335 e. The summed E-state index contributed by atoms with van der Waals surface area (Å²) < 4.78 is 29.0. The molecule has 1 N–H and O–H groups in total. The number of halogens is 2. The number of ether oxygens (including phenoxy) is 2. The van der Waals surface area contributed by atoms with Crippen molar-refractivity contribution in [2.24, 2.45) is 0 Å². The SMILES string of the molecule is CC1(c2ccc(Cl)cc2F)Oc2c(cccc2C2CCN(Cc3nc4ccc(C(=O)O)cc4n3C[C@@H]3CCO3)CC2)C1=O. The molecule has 8 nitrogen and oxygen atoms in total. The third kappa shape index (κ3) is 4.89. The number of benzene rings is 3. The van der Waals surface area contributed by atoms with E-state index in [-0.39, 0.29) is 34.0 Å². The summed E-state index contributed by atoms with van der Waals surface area (Å²) in [6, 6.07) is 15.0. The molecule has 10 heteroatoms. The van der Waals surface area contributed by atoms with Crippen molar-refractivity contribution in [3.63, 3.8) is 0 Å². The van der Waals surface area contributed by atoms with Gasteiger partial charge in [0.15, 0.2) is 5.60 Å². The summed E-state index contributed by atoms with van der Waals surface area (Å²) in [6.45, 7) is 5.26. The van der Waals surface area contributed by atoms with Gasteiger partial charge < -0.3 is 19.1 Å². The number of aromatic nitrogens is 2. The average molecular weight is 604 g/mol. The first-order valence-corrected chi connectivity index (χ1v) is 15.0. The second-order valence-corrected chi connectivity index (χ2v) is 12.2. The minimum Gasteiger partial charge on any atom is -0.478 e. The van der Waals surface area contributed by atoms with E-state index in [0.29, 0.717) is 24.4 Å². The van der Waals surface area contributed by atoms with Gasteiger partial charge in [-0.1, -0.05) is 29.8 Å². The van der Waals surface area contributed by atoms with Crippen LogP contribution in [-0.4, -0.2) is 57.1 Å². The van der Waals surface area contributed by atoms with Crippen molar-refractivity contribution in [1.82, 2.24) is 14.5 Å². The Morgan fingerprint density at radius 3 is 2.63 bits per heavy atom. The lowest BCUT2D eigenvalue weighted by Crippen LogP contribution is -2.35. The number of carboxylic acid groups (broad SMARTS) is 1. The van der Waals surface area contributed by atoms with Crippen molar-refractivity contribution >= 4 is 34.4 Å². The number of aromatic carboxylic acids is 1. The predicted octanol–water partition coefficient (Wildman–Crippen LogP) is 6.19. The highest BCUT2D eigenvalue weighted by atomic mass is 35.5. The largest absolute Gasteiger partial charge is 0.478 e. The fourth-order valence-corrected chi connectivity index (χ4v) is 6.75. The molecule has 3 aliphatic rings. The minimum atomic E-state index is -1.46. The van der Waals surface area contributed by atoms with Gasteiger partial charge in [-0.25, -0.2) is 14.2 Å². The lowest BCUT2D eigenvalue weighted by atomic mass is 9.86. The number of imidazole rings is 1. The van der Waals surface area contributed by atoms with E-state index in [2.05, 4.69) is 9.47 Å². The minimum absolute atomic E-state index is 0.102. The number of fused-ring (bicyclic) bond motifs is 2. The van der Waals surface area contributed by atoms with Crippen LogP contribution in [0.3, 0.4) is 0 Å². The lowest BCUT2D eigenvalue weighted by Gasteiger charge is -2.33. The molecule has 222 valence electrons. The van der Waals surface area contributed by atoms with Crippen LogP contribution in [0.25, 0.3) is 11.0 Å². The molecular formula is C33H31ClFN3O5. The van der Waals surface area contributed by atoms with Crippen LogP contribution >= 0.6 is 11.6 Å². The van der Waals surface area contributed by atoms with E-state index in [4.69, 9.17) is 26.1 Å². The Labute approximate surface area is 253 Å². The average Bonchev–Trinajstić information content (AvgIpc) is 3.44. The van der Waals surface area contributed by atoms with Crippen molar-refractivity contribution in [3.05, 3.63) is 93.5 Å². The maximum absolute atomic E-state index is 14.9. The molecule has 3 aromatic carbocycles. The molecule has 4 heterocycles. The predicted molar refractivity (Wildman–Crippen MR) is 158 cm³/mol. The number of hydrogen-bond acceptors (Lipinski definition) is 6. The smallest absolute Gasteiger partial charge is 0.335 e. The molecule has 0 saturated carbocycles. The van der Waals surface area contributed by atoms with Crippen LogP contribution in [0.15, 0.2) is 54.6 Å². The molecular weight excluding hydrogens is 573 g/mol. The second kappa shape index (κ2) is 10.7. The van der Waals surface area contributed by atoms with E-state index < -0.39 is 17.4 Å². The van der Waals surface area contributed by atoms with Gasteiger partial charge in [-0.2, -0.15) is 0 Å². The second-order valence-electron chi connectivity index (χ2n) is 11.8. The quantitative estimate of drug-likeness (QED) is 0.269. The third-order valence-corrected chi connectivity index (χ3v) is 9.36. The summed E-state index contributed by atoms with van der Waals surface area (Å²) in [5, 5.41) is 9.79. The van der Waals surface area contributed by atoms with Gasteiger partial charge in [-0.3, -0.25) is 9.69 Å². The number of carbonyl (C=O) groups excluding carboxylic acids is 1. The number of para-hydroxylation sites is 1. The molecule has 2 saturated heterocycles. The third-order valence-electron chi connectivity index (χ3n) is 9.12. The van der Waals surface area contributed by atoms with Crippen molar-refractivity contribution in [2.75, 3.05) is 19.7 Å². The highest BCUT2D eigenvalue weighted by Crippen LogP contribution is 2.47. The molecule has 0 aliphatic carbocycles. The Bertz CT molecular complexity index is 1760. The fourth-order valence-electron chi connectivity index (χ4n) is 6.59. The highest BCUT2D eigenvalue weighted by molar-refractivity contribution is 6.30. The number of Topliss-reactive ketones (excluding diaryl/α,β-unsaturated/α-hetero) is 1. The molecule has 4 aromatic rings. The molecule has 43 heavy (non-hydrogen) atoms. The normalized spacial score (nSPS) is 22.4. The van der Waals surface area contributed by atoms with Crippen LogP contribution in [0.5, 0.6) is 5.75 Å². The molecule has 0 bridgehead atoms. The van der Waals surface area contributed by atoms with Crippen molar-refractivity contribution in [3.8, 4) is 5.75 Å². The van der Waals surface area contributed by atoms with Crippen molar-refractivity contribution in [1.29, 1.82) is 0 Å². The zero-order valence-corrected chi connectivity index (χ0v) is 24.4. The van der Waals surface area contributed by atoms with Crippen LogP contribution < -0.4 is 4.74 Å². The number of carbonyl (C=O) groups is 2. The van der Waals surface area contributed by atoms with Gasteiger partial charge in [0, 0.05) is 17.2 Å². The lowest BCUT2D eigenvalue weighted by molar-refractivity contribution is -0.0592. The van der Waals surface area contributed by atoms with Crippen molar-refractivity contribution in [2.45, 2.75) is 56.9 Å². The maximum atomic E-state index is 14.9. The van der Waals surface area contributed by atoms with E-state index in [1.54, 1.807) is 37.3 Å². The Balaban J connectivity index is 1.10. The van der Waals surface area contributed by atoms with Crippen LogP contribution in [0, 0.1) is 5.82 Å². The molecule has 1 aromatic heterocycles. The van der Waals surface area contributed by atoms with E-state index >= 15 is 0 Å². The number of hydrogen-bond donors (Lipinski definition) is 1. The molecule has 1 unspecified atom stereocenters. The number of ketones is 1. The Morgan fingerprint density at radius 2 is 1.93 bits per heavy atom. The first kappa shape index (κ1) is 28.0. The molecule has 3 aliphatic heterocycles. The zero-order valence-electron chi connectivity index (χ0n) is 23.7. The standard InChI is InChI=1S/C33H31ClFN3O5/c1-33(25-7-6-21(34)16-26(25)35)31(39)24-4-2-3-23(30(24)43-33)19-9-12-37(13-10-19)18-29-36-27-8-5-20(32(40)41)15-28(27)38(29)17-22-11-14-42-22/h2-8,15-16,19,22H,9-14,17-18H2,1H3,(H,40,41)/t22-,33?/m0/s1. The topological polar surface area (TPSA) is 93.9 Å². The molecule has 0 radical (unpaired) electrons. The van der Waals surface area contributed by atoms with Gasteiger partial charge in [0.2, 0.25) is 5.78 Å². The Hall–Kier alpha value is -3.79. The van der Waals surface area contributed by atoms with Crippen LogP contribution in [-0.2, 0) is 23.4 Å². The first-order valence-electron chi connectivity index (χ1n) is 14.6. The van der Waals surface area contributed by atoms with Gasteiger partial charge in [0.05, 0.1) is 41.4 Å². The summed E-state index contributed by atoms with van der Waals surface area (Å²) in [5.41, 5.74) is 1.98. The summed E-state index contributed by atoms with van der Waals surface area (Å²) in [5.74, 6) is -0.184. The molecule has 2 fully saturated rings. The summed E-state index contributed by atoms with van der Waals surface area (Å²) in [7, 11) is 0. The Morgan fingerprint density at radius 1 is 1.14 bits per heavy atom. The van der Waals surface area contributed by atoms with Gasteiger partial charge in [0.1, 0.15) is 17.4 Å². The van der Waals surface area contributed by atoms with Crippen molar-refractivity contribution < 1.29 is 28.6 Å². The zero-order chi connectivity index (χ0) is 29.9. The van der Waals surface area contributed by atoms with E-state index in [1.807, 2.05) is 12.1 Å². The summed E-state index contributed by atoms with van der Waals surface area (Å²) in [6.07, 6.45) is 2.79. The number of likely N-dealkylation sites (tertiary alicyclic amines) is 1. The van der Waals surface area contributed by atoms with Gasteiger partial charge in [-0.05, 0) is 87.2 Å². The van der Waals surface area contributed by atoms with Gasteiger partial charge in [0.25, 0.3) is 0 Å². The monoisotopic (exact) mass is 603 g/mol. The number of carboxylic acids is 1. The van der Waals surface area contributed by atoms with E-state index in [0.717, 1.165) is 61.4 Å². The fraction of sp³-hybridized carbons (Fsp3) is 0.364.